The van der Waals surface area contributed by atoms with E-state index in [0.717, 1.165) is 25.2 Å². The lowest BCUT2D eigenvalue weighted by Crippen LogP contribution is -2.45. The second-order valence-corrected chi connectivity index (χ2v) is 4.86. The quantitative estimate of drug-likeness (QED) is 0.730. The van der Waals surface area contributed by atoms with E-state index in [0.29, 0.717) is 6.54 Å². The maximum absolute atomic E-state index is 10.1. The van der Waals surface area contributed by atoms with Crippen molar-refractivity contribution in [3.63, 3.8) is 0 Å². The SMILES string of the molecule is CCC1CCCC(CN)(C(O)CC)C1. The fourth-order valence-electron chi connectivity index (χ4n) is 2.93. The highest BCUT2D eigenvalue weighted by molar-refractivity contribution is 4.91. The number of rotatable bonds is 4. The molecule has 0 spiro atoms. The van der Waals surface area contributed by atoms with Gasteiger partial charge in [-0.05, 0) is 25.2 Å². The highest BCUT2D eigenvalue weighted by Crippen LogP contribution is 2.43. The van der Waals surface area contributed by atoms with Crippen molar-refractivity contribution >= 4 is 0 Å². The summed E-state index contributed by atoms with van der Waals surface area (Å²) in [5, 5.41) is 10.1. The molecule has 0 amide bonds. The van der Waals surface area contributed by atoms with E-state index in [9.17, 15) is 5.11 Å². The molecule has 1 aliphatic carbocycles. The summed E-state index contributed by atoms with van der Waals surface area (Å²) in [6.45, 7) is 4.95. The maximum atomic E-state index is 10.1. The Kier molecular flexibility index (Phi) is 4.39. The molecule has 0 radical (unpaired) electrons. The van der Waals surface area contributed by atoms with Crippen molar-refractivity contribution in [2.75, 3.05) is 6.54 Å². The van der Waals surface area contributed by atoms with Crippen LogP contribution in [0, 0.1) is 11.3 Å². The molecule has 0 bridgehead atoms. The summed E-state index contributed by atoms with van der Waals surface area (Å²) in [7, 11) is 0. The highest BCUT2D eigenvalue weighted by atomic mass is 16.3. The summed E-state index contributed by atoms with van der Waals surface area (Å²) in [5.41, 5.74) is 5.91. The molecule has 3 atom stereocenters. The Morgan fingerprint density at radius 2 is 2.21 bits per heavy atom. The minimum atomic E-state index is -0.193. The summed E-state index contributed by atoms with van der Waals surface area (Å²) in [5.74, 6) is 0.786. The molecule has 3 N–H and O–H groups in total. The van der Waals surface area contributed by atoms with Gasteiger partial charge in [-0.2, -0.15) is 0 Å². The van der Waals surface area contributed by atoms with Crippen molar-refractivity contribution in [2.24, 2.45) is 17.1 Å². The van der Waals surface area contributed by atoms with Gasteiger partial charge in [-0.3, -0.25) is 0 Å². The third kappa shape index (κ3) is 2.29. The zero-order chi connectivity index (χ0) is 10.6. The van der Waals surface area contributed by atoms with Crippen LogP contribution in [0.15, 0.2) is 0 Å². The lowest BCUT2D eigenvalue weighted by molar-refractivity contribution is -0.0161. The van der Waals surface area contributed by atoms with Crippen molar-refractivity contribution in [3.8, 4) is 0 Å². The van der Waals surface area contributed by atoms with Gasteiger partial charge in [-0.15, -0.1) is 0 Å². The summed E-state index contributed by atoms with van der Waals surface area (Å²) < 4.78 is 0. The van der Waals surface area contributed by atoms with Crippen LogP contribution in [0.5, 0.6) is 0 Å². The molecule has 1 fully saturated rings. The number of nitrogens with two attached hydrogens (primary N) is 1. The first-order valence-corrected chi connectivity index (χ1v) is 6.06. The molecule has 14 heavy (non-hydrogen) atoms. The van der Waals surface area contributed by atoms with Gasteiger partial charge < -0.3 is 10.8 Å². The van der Waals surface area contributed by atoms with Gasteiger partial charge in [-0.1, -0.05) is 33.1 Å². The normalized spacial score (nSPS) is 35.6. The Bertz CT molecular complexity index is 172. The third-order valence-electron chi connectivity index (χ3n) is 4.06. The molecule has 0 aromatic carbocycles. The summed E-state index contributed by atoms with van der Waals surface area (Å²) >= 11 is 0. The van der Waals surface area contributed by atoms with Gasteiger partial charge in [0.1, 0.15) is 0 Å². The predicted octanol–water partition coefficient (Wildman–Crippen LogP) is 2.30. The van der Waals surface area contributed by atoms with E-state index in [1.54, 1.807) is 0 Å². The van der Waals surface area contributed by atoms with Crippen molar-refractivity contribution in [1.29, 1.82) is 0 Å². The van der Waals surface area contributed by atoms with Crippen molar-refractivity contribution in [1.82, 2.24) is 0 Å². The van der Waals surface area contributed by atoms with Gasteiger partial charge in [-0.25, -0.2) is 0 Å². The van der Waals surface area contributed by atoms with E-state index in [2.05, 4.69) is 13.8 Å². The van der Waals surface area contributed by atoms with Gasteiger partial charge in [0.25, 0.3) is 0 Å². The Labute approximate surface area is 87.9 Å². The molecule has 1 saturated carbocycles. The monoisotopic (exact) mass is 199 g/mol. The van der Waals surface area contributed by atoms with Gasteiger partial charge in [0.05, 0.1) is 6.10 Å². The van der Waals surface area contributed by atoms with E-state index in [-0.39, 0.29) is 11.5 Å². The molecule has 0 aliphatic heterocycles. The van der Waals surface area contributed by atoms with Crippen LogP contribution in [0.3, 0.4) is 0 Å². The van der Waals surface area contributed by atoms with Crippen molar-refractivity contribution in [3.05, 3.63) is 0 Å². The smallest absolute Gasteiger partial charge is 0.0606 e. The Morgan fingerprint density at radius 3 is 2.71 bits per heavy atom. The molecule has 0 heterocycles. The standard InChI is InChI=1S/C12H25NO/c1-3-10-6-5-7-12(8-10,9-13)11(14)4-2/h10-11,14H,3-9,13H2,1-2H3. The van der Waals surface area contributed by atoms with E-state index in [1.807, 2.05) is 0 Å². The van der Waals surface area contributed by atoms with Gasteiger partial charge in [0, 0.05) is 12.0 Å². The zero-order valence-corrected chi connectivity index (χ0v) is 9.63. The van der Waals surface area contributed by atoms with Crippen LogP contribution in [0.4, 0.5) is 0 Å². The lowest BCUT2D eigenvalue weighted by atomic mass is 9.65. The van der Waals surface area contributed by atoms with Crippen LogP contribution in [-0.4, -0.2) is 17.8 Å². The van der Waals surface area contributed by atoms with Gasteiger partial charge in [0.2, 0.25) is 0 Å². The predicted molar refractivity (Wildman–Crippen MR) is 60.0 cm³/mol. The van der Waals surface area contributed by atoms with Gasteiger partial charge >= 0.3 is 0 Å². The first kappa shape index (κ1) is 12.0. The second-order valence-electron chi connectivity index (χ2n) is 4.86. The van der Waals surface area contributed by atoms with Crippen molar-refractivity contribution < 1.29 is 5.11 Å². The number of aliphatic hydroxyl groups excluding tert-OH is 1. The lowest BCUT2D eigenvalue weighted by Gasteiger charge is -2.43. The topological polar surface area (TPSA) is 46.2 Å². The largest absolute Gasteiger partial charge is 0.393 e. The first-order chi connectivity index (χ1) is 6.68. The summed E-state index contributed by atoms with van der Waals surface area (Å²) in [4.78, 5) is 0. The van der Waals surface area contributed by atoms with E-state index in [4.69, 9.17) is 5.73 Å². The van der Waals surface area contributed by atoms with Crippen LogP contribution in [0.25, 0.3) is 0 Å². The van der Waals surface area contributed by atoms with Crippen LogP contribution < -0.4 is 5.73 Å². The molecular formula is C12H25NO. The number of hydrogen-bond donors (Lipinski definition) is 2. The fourth-order valence-corrected chi connectivity index (χ4v) is 2.93. The molecule has 0 aromatic heterocycles. The van der Waals surface area contributed by atoms with Crippen LogP contribution in [0.2, 0.25) is 0 Å². The second kappa shape index (κ2) is 5.13. The molecule has 0 saturated heterocycles. The van der Waals surface area contributed by atoms with Crippen molar-refractivity contribution in [2.45, 2.75) is 58.5 Å². The Hall–Kier alpha value is -0.0800. The molecule has 1 rings (SSSR count). The van der Waals surface area contributed by atoms with Crippen LogP contribution in [0.1, 0.15) is 52.4 Å². The zero-order valence-electron chi connectivity index (χ0n) is 9.63. The molecule has 2 heteroatoms. The average Bonchev–Trinajstić information content (AvgIpc) is 2.27. The Morgan fingerprint density at radius 1 is 1.50 bits per heavy atom. The molecule has 2 nitrogen and oxygen atoms in total. The highest BCUT2D eigenvalue weighted by Gasteiger charge is 2.39. The van der Waals surface area contributed by atoms with Crippen LogP contribution >= 0.6 is 0 Å². The molecular weight excluding hydrogens is 174 g/mol. The van der Waals surface area contributed by atoms with E-state index >= 15 is 0 Å². The molecule has 3 unspecified atom stereocenters. The maximum Gasteiger partial charge on any atom is 0.0606 e. The number of aliphatic hydroxyl groups is 1. The molecule has 84 valence electrons. The minimum Gasteiger partial charge on any atom is -0.393 e. The minimum absolute atomic E-state index is 0.0354. The Balaban J connectivity index is 2.67. The third-order valence-corrected chi connectivity index (χ3v) is 4.06. The fraction of sp³-hybridized carbons (Fsp3) is 1.00. The summed E-state index contributed by atoms with van der Waals surface area (Å²) in [6, 6.07) is 0. The van der Waals surface area contributed by atoms with E-state index in [1.165, 1.54) is 19.3 Å². The van der Waals surface area contributed by atoms with E-state index < -0.39 is 0 Å². The number of hydrogen-bond acceptors (Lipinski definition) is 2. The first-order valence-electron chi connectivity index (χ1n) is 6.06. The summed E-state index contributed by atoms with van der Waals surface area (Å²) in [6.07, 6.45) is 6.71. The molecule has 1 aliphatic rings. The molecule has 0 aromatic rings. The van der Waals surface area contributed by atoms with Gasteiger partial charge in [0.15, 0.2) is 0 Å². The average molecular weight is 199 g/mol. The van der Waals surface area contributed by atoms with Crippen LogP contribution in [-0.2, 0) is 0 Å².